The second-order valence-corrected chi connectivity index (χ2v) is 7.73. The second-order valence-electron chi connectivity index (χ2n) is 7.73. The molecule has 0 aliphatic carbocycles. The fourth-order valence-electron chi connectivity index (χ4n) is 3.68. The third kappa shape index (κ3) is 3.63. The molecule has 2 aromatic carbocycles. The minimum Gasteiger partial charge on any atom is -0.486 e. The molecule has 9 heteroatoms. The van der Waals surface area contributed by atoms with Crippen LogP contribution in [0.4, 0.5) is 5.69 Å². The van der Waals surface area contributed by atoms with Crippen LogP contribution in [0.3, 0.4) is 0 Å². The number of hydrogen-bond donors (Lipinski definition) is 1. The van der Waals surface area contributed by atoms with Crippen LogP contribution in [-0.4, -0.2) is 33.2 Å². The lowest BCUT2D eigenvalue weighted by Gasteiger charge is -2.19. The second kappa shape index (κ2) is 7.94. The predicted molar refractivity (Wildman–Crippen MR) is 123 cm³/mol. The van der Waals surface area contributed by atoms with Gasteiger partial charge in [-0.05, 0) is 37.3 Å². The van der Waals surface area contributed by atoms with Crippen molar-refractivity contribution in [1.82, 2.24) is 14.1 Å². The minimum absolute atomic E-state index is 0.160. The maximum absolute atomic E-state index is 12.9. The van der Waals surface area contributed by atoms with Crippen LogP contribution in [0.25, 0.3) is 16.7 Å². The molecule has 166 valence electrons. The van der Waals surface area contributed by atoms with E-state index in [2.05, 4.69) is 10.3 Å². The maximum Gasteiger partial charge on any atom is 0.337 e. The van der Waals surface area contributed by atoms with E-state index in [1.54, 1.807) is 30.3 Å². The van der Waals surface area contributed by atoms with Gasteiger partial charge in [0, 0.05) is 25.0 Å². The van der Waals surface area contributed by atoms with E-state index >= 15 is 0 Å². The first-order valence-electron chi connectivity index (χ1n) is 10.3. The van der Waals surface area contributed by atoms with Crippen molar-refractivity contribution in [3.63, 3.8) is 0 Å². The normalized spacial score (nSPS) is 12.5. The molecular weight excluding hydrogens is 424 g/mol. The number of amides is 1. The van der Waals surface area contributed by atoms with Crippen LogP contribution >= 0.6 is 0 Å². The molecule has 1 aliphatic rings. The van der Waals surface area contributed by atoms with Gasteiger partial charge in [-0.3, -0.25) is 14.2 Å². The topological polar surface area (TPSA) is 104 Å². The van der Waals surface area contributed by atoms with Crippen molar-refractivity contribution in [2.24, 2.45) is 7.05 Å². The van der Waals surface area contributed by atoms with Crippen LogP contribution in [0, 0.1) is 6.92 Å². The smallest absolute Gasteiger partial charge is 0.337 e. The van der Waals surface area contributed by atoms with Crippen LogP contribution in [0.5, 0.6) is 11.5 Å². The number of rotatable bonds is 3. The number of aryl methyl sites for hydroxylation is 1. The average Bonchev–Trinajstić information content (AvgIpc) is 2.83. The number of nitrogens with one attached hydrogen (secondary N) is 1. The van der Waals surface area contributed by atoms with Gasteiger partial charge in [0.15, 0.2) is 17.1 Å². The third-order valence-electron chi connectivity index (χ3n) is 5.45. The Morgan fingerprint density at radius 2 is 1.73 bits per heavy atom. The standard InChI is InChI=1S/C24H20N4O5/c1-14-3-6-17(7-4-14)28-21-18(23(30)27(2)24(28)31)11-15(13-25-21)22(29)26-16-5-8-19-20(12-16)33-10-9-32-19/h3-8,11-13H,9-10H2,1-2H3,(H,26,29). The summed E-state index contributed by atoms with van der Waals surface area (Å²) in [6.45, 7) is 2.85. The first-order chi connectivity index (χ1) is 15.9. The molecule has 4 aromatic rings. The highest BCUT2D eigenvalue weighted by Gasteiger charge is 2.18. The van der Waals surface area contributed by atoms with Crippen molar-refractivity contribution in [2.75, 3.05) is 18.5 Å². The Morgan fingerprint density at radius 1 is 1.00 bits per heavy atom. The van der Waals surface area contributed by atoms with E-state index in [1.165, 1.54) is 23.9 Å². The van der Waals surface area contributed by atoms with Gasteiger partial charge in [0.2, 0.25) is 0 Å². The van der Waals surface area contributed by atoms with Gasteiger partial charge in [-0.2, -0.15) is 0 Å². The molecule has 33 heavy (non-hydrogen) atoms. The van der Waals surface area contributed by atoms with Gasteiger partial charge in [-0.25, -0.2) is 14.3 Å². The minimum atomic E-state index is -0.528. The van der Waals surface area contributed by atoms with Crippen molar-refractivity contribution >= 4 is 22.6 Å². The Labute approximate surface area is 187 Å². The van der Waals surface area contributed by atoms with Crippen LogP contribution in [0.15, 0.2) is 64.3 Å². The Balaban J connectivity index is 1.55. The molecule has 0 atom stereocenters. The van der Waals surface area contributed by atoms with Gasteiger partial charge in [0.1, 0.15) is 13.2 Å². The summed E-state index contributed by atoms with van der Waals surface area (Å²) in [5.74, 6) is 0.715. The van der Waals surface area contributed by atoms with Crippen LogP contribution in [0.2, 0.25) is 0 Å². The SMILES string of the molecule is Cc1ccc(-n2c(=O)n(C)c(=O)c3cc(C(=O)Nc4ccc5c(c4)OCCO5)cnc32)cc1. The Bertz CT molecular complexity index is 1520. The highest BCUT2D eigenvalue weighted by Crippen LogP contribution is 2.32. The quantitative estimate of drug-likeness (QED) is 0.520. The van der Waals surface area contributed by atoms with Gasteiger partial charge in [-0.15, -0.1) is 0 Å². The van der Waals surface area contributed by atoms with Gasteiger partial charge < -0.3 is 14.8 Å². The highest BCUT2D eigenvalue weighted by atomic mass is 16.6. The number of carbonyl (C=O) groups excluding carboxylic acids is 1. The van der Waals surface area contributed by atoms with Crippen LogP contribution in [0.1, 0.15) is 15.9 Å². The molecule has 1 aliphatic heterocycles. The van der Waals surface area contributed by atoms with Crippen molar-refractivity contribution in [2.45, 2.75) is 6.92 Å². The molecule has 0 radical (unpaired) electrons. The number of pyridine rings is 1. The summed E-state index contributed by atoms with van der Waals surface area (Å²) in [7, 11) is 1.40. The number of fused-ring (bicyclic) bond motifs is 2. The molecule has 3 heterocycles. The molecule has 1 N–H and O–H groups in total. The summed E-state index contributed by atoms with van der Waals surface area (Å²) in [6, 6.07) is 13.8. The fraction of sp³-hybridized carbons (Fsp3) is 0.167. The molecule has 0 saturated carbocycles. The summed E-state index contributed by atoms with van der Waals surface area (Å²) in [5, 5.41) is 2.94. The van der Waals surface area contributed by atoms with Crippen molar-refractivity contribution in [3.05, 3.63) is 86.7 Å². The maximum atomic E-state index is 12.9. The molecule has 0 bridgehead atoms. The lowest BCUT2D eigenvalue weighted by molar-refractivity contribution is 0.102. The molecule has 0 unspecified atom stereocenters. The number of anilines is 1. The largest absolute Gasteiger partial charge is 0.486 e. The van der Waals surface area contributed by atoms with Crippen molar-refractivity contribution in [3.8, 4) is 17.2 Å². The number of carbonyl (C=O) groups is 1. The monoisotopic (exact) mass is 444 g/mol. The van der Waals surface area contributed by atoms with Crippen molar-refractivity contribution in [1.29, 1.82) is 0 Å². The highest BCUT2D eigenvalue weighted by molar-refractivity contribution is 6.05. The summed E-state index contributed by atoms with van der Waals surface area (Å²) < 4.78 is 13.4. The summed E-state index contributed by atoms with van der Waals surface area (Å²) in [5.41, 5.74) is 1.45. The Kier molecular flexibility index (Phi) is 4.93. The molecular formula is C24H20N4O5. The average molecular weight is 444 g/mol. The molecule has 5 rings (SSSR count). The number of hydrogen-bond acceptors (Lipinski definition) is 6. The van der Waals surface area contributed by atoms with Crippen molar-refractivity contribution < 1.29 is 14.3 Å². The Hall–Kier alpha value is -4.40. The number of ether oxygens (including phenoxy) is 2. The molecule has 9 nitrogen and oxygen atoms in total. The van der Waals surface area contributed by atoms with E-state index in [4.69, 9.17) is 9.47 Å². The fourth-order valence-corrected chi connectivity index (χ4v) is 3.68. The lowest BCUT2D eigenvalue weighted by atomic mass is 10.2. The van der Waals surface area contributed by atoms with E-state index in [-0.39, 0.29) is 16.6 Å². The zero-order valence-electron chi connectivity index (χ0n) is 18.0. The zero-order valence-corrected chi connectivity index (χ0v) is 18.0. The van der Waals surface area contributed by atoms with E-state index < -0.39 is 17.2 Å². The first kappa shape index (κ1) is 20.5. The molecule has 0 spiro atoms. The van der Waals surface area contributed by atoms with E-state index in [0.717, 1.165) is 10.1 Å². The Morgan fingerprint density at radius 3 is 2.48 bits per heavy atom. The molecule has 2 aromatic heterocycles. The van der Waals surface area contributed by atoms with Gasteiger partial charge in [0.25, 0.3) is 11.5 Å². The predicted octanol–water partition coefficient (Wildman–Crippen LogP) is 2.42. The summed E-state index contributed by atoms with van der Waals surface area (Å²) in [6.07, 6.45) is 1.35. The van der Waals surface area contributed by atoms with Crippen LogP contribution < -0.4 is 26.0 Å². The third-order valence-corrected chi connectivity index (χ3v) is 5.45. The number of nitrogens with zero attached hydrogens (tertiary/aromatic N) is 3. The zero-order chi connectivity index (χ0) is 23.1. The van der Waals surface area contributed by atoms with Gasteiger partial charge in [0.05, 0.1) is 16.6 Å². The van der Waals surface area contributed by atoms with Gasteiger partial charge in [-0.1, -0.05) is 17.7 Å². The van der Waals surface area contributed by atoms with E-state index in [0.29, 0.717) is 36.1 Å². The number of benzene rings is 2. The molecule has 0 fully saturated rings. The van der Waals surface area contributed by atoms with Gasteiger partial charge >= 0.3 is 5.69 Å². The molecule has 0 saturated heterocycles. The number of aromatic nitrogens is 3. The summed E-state index contributed by atoms with van der Waals surface area (Å²) >= 11 is 0. The lowest BCUT2D eigenvalue weighted by Crippen LogP contribution is -2.38. The van der Waals surface area contributed by atoms with Crippen LogP contribution in [-0.2, 0) is 7.05 Å². The first-order valence-corrected chi connectivity index (χ1v) is 10.3. The van der Waals surface area contributed by atoms with E-state index in [1.807, 2.05) is 19.1 Å². The molecule has 1 amide bonds. The van der Waals surface area contributed by atoms with E-state index in [9.17, 15) is 14.4 Å². The summed E-state index contributed by atoms with van der Waals surface area (Å²) in [4.78, 5) is 42.9.